The highest BCUT2D eigenvalue weighted by molar-refractivity contribution is 5.97. The smallest absolute Gasteiger partial charge is 0.141 e. The predicted molar refractivity (Wildman–Crippen MR) is 128 cm³/mol. The zero-order valence-electron chi connectivity index (χ0n) is 18.1. The summed E-state index contributed by atoms with van der Waals surface area (Å²) in [5.41, 5.74) is 3.91. The zero-order chi connectivity index (χ0) is 21.2. The van der Waals surface area contributed by atoms with Gasteiger partial charge in [-0.1, -0.05) is 60.7 Å². The summed E-state index contributed by atoms with van der Waals surface area (Å²) in [6.45, 7) is 2.15. The summed E-state index contributed by atoms with van der Waals surface area (Å²) in [7, 11) is 0. The summed E-state index contributed by atoms with van der Waals surface area (Å²) in [6, 6.07) is 17.1. The highest BCUT2D eigenvalue weighted by atomic mass is 16.5. The van der Waals surface area contributed by atoms with Gasteiger partial charge in [0.15, 0.2) is 0 Å². The van der Waals surface area contributed by atoms with Crippen molar-refractivity contribution in [2.75, 3.05) is 0 Å². The average molecular weight is 409 g/mol. The number of Topliss-reactive ketones (excluding diaryl/α,β-unsaturated/α-hetero) is 1. The first kappa shape index (κ1) is 19.8. The van der Waals surface area contributed by atoms with Crippen LogP contribution in [0.2, 0.25) is 0 Å². The van der Waals surface area contributed by atoms with Crippen molar-refractivity contribution < 1.29 is 9.53 Å². The first-order valence-electron chi connectivity index (χ1n) is 11.4. The third kappa shape index (κ3) is 4.07. The number of rotatable bonds is 6. The lowest BCUT2D eigenvalue weighted by molar-refractivity contribution is -0.117. The fourth-order valence-electron chi connectivity index (χ4n) is 4.92. The second-order valence-corrected chi connectivity index (χ2v) is 8.72. The van der Waals surface area contributed by atoms with E-state index in [-0.39, 0.29) is 6.10 Å². The predicted octanol–water partition coefficient (Wildman–Crippen LogP) is 4.82. The largest absolute Gasteiger partial charge is 0.491 e. The molecule has 3 aromatic carbocycles. The lowest BCUT2D eigenvalue weighted by atomic mass is 9.86. The average Bonchev–Trinajstić information content (AvgIpc) is 2.80. The van der Waals surface area contributed by atoms with Crippen molar-refractivity contribution in [1.82, 2.24) is 0 Å². The Morgan fingerprint density at radius 2 is 1.84 bits per heavy atom. The van der Waals surface area contributed by atoms with Crippen molar-refractivity contribution in [3.8, 4) is 5.75 Å². The van der Waals surface area contributed by atoms with E-state index in [4.69, 9.17) is 4.74 Å². The number of hydrogen-bond acceptors (Lipinski definition) is 2. The Morgan fingerprint density at radius 3 is 2.71 bits per heavy atom. The van der Waals surface area contributed by atoms with Gasteiger partial charge in [0.1, 0.15) is 11.5 Å². The summed E-state index contributed by atoms with van der Waals surface area (Å²) in [5.74, 6) is 1.22. The number of aryl methyl sites for hydroxylation is 1. The number of benzene rings is 3. The molecule has 3 aromatic rings. The van der Waals surface area contributed by atoms with Gasteiger partial charge in [-0.2, -0.15) is 0 Å². The van der Waals surface area contributed by atoms with E-state index in [0.29, 0.717) is 18.6 Å². The molecule has 0 bridgehead atoms. The minimum Gasteiger partial charge on any atom is -0.491 e. The van der Waals surface area contributed by atoms with Crippen LogP contribution in [0, 0.1) is 0 Å². The van der Waals surface area contributed by atoms with Crippen molar-refractivity contribution in [2.24, 2.45) is 0 Å². The molecule has 1 atom stereocenters. The van der Waals surface area contributed by atoms with E-state index >= 15 is 0 Å². The molecule has 1 unspecified atom stereocenters. The van der Waals surface area contributed by atoms with Crippen molar-refractivity contribution in [3.05, 3.63) is 87.8 Å². The molecule has 2 nitrogen and oxygen atoms in total. The number of ether oxygens (including phenoxy) is 1. The summed E-state index contributed by atoms with van der Waals surface area (Å²) in [6.07, 6.45) is 14.0. The Morgan fingerprint density at radius 1 is 0.968 bits per heavy atom. The van der Waals surface area contributed by atoms with E-state index < -0.39 is 0 Å². The van der Waals surface area contributed by atoms with Crippen LogP contribution in [0.3, 0.4) is 0 Å². The zero-order valence-corrected chi connectivity index (χ0v) is 18.1. The van der Waals surface area contributed by atoms with Crippen LogP contribution in [-0.4, -0.2) is 11.9 Å². The molecule has 2 aliphatic rings. The van der Waals surface area contributed by atoms with Crippen LogP contribution in [0.15, 0.2) is 60.7 Å². The Bertz CT molecular complexity index is 1280. The lowest BCUT2D eigenvalue weighted by Gasteiger charge is -2.20. The Labute approximate surface area is 183 Å². The molecule has 0 aromatic heterocycles. The maximum atomic E-state index is 12.2. The fraction of sp³-hybridized carbons (Fsp3) is 0.276. The first-order chi connectivity index (χ1) is 15.2. The number of hydrogen-bond donors (Lipinski definition) is 0. The highest BCUT2D eigenvalue weighted by Crippen LogP contribution is 2.27. The van der Waals surface area contributed by atoms with Crippen LogP contribution in [-0.2, 0) is 24.1 Å². The summed E-state index contributed by atoms with van der Waals surface area (Å²) in [5, 5.41) is 4.97. The first-order valence-corrected chi connectivity index (χ1v) is 11.4. The fourth-order valence-corrected chi connectivity index (χ4v) is 4.92. The normalized spacial score (nSPS) is 15.6. The van der Waals surface area contributed by atoms with Crippen LogP contribution >= 0.6 is 0 Å². The molecule has 0 saturated carbocycles. The molecule has 0 radical (unpaired) electrons. The van der Waals surface area contributed by atoms with Crippen LogP contribution in [0.25, 0.3) is 22.9 Å². The van der Waals surface area contributed by atoms with Gasteiger partial charge in [0.2, 0.25) is 0 Å². The monoisotopic (exact) mass is 408 g/mol. The highest BCUT2D eigenvalue weighted by Gasteiger charge is 2.18. The second-order valence-electron chi connectivity index (χ2n) is 8.72. The maximum Gasteiger partial charge on any atom is 0.141 e. The van der Waals surface area contributed by atoms with Gasteiger partial charge in [-0.15, -0.1) is 0 Å². The van der Waals surface area contributed by atoms with Crippen LogP contribution in [0.5, 0.6) is 5.75 Å². The molecule has 0 N–H and O–H groups in total. The molecular formula is C29H28O2. The van der Waals surface area contributed by atoms with Crippen LogP contribution < -0.4 is 15.2 Å². The van der Waals surface area contributed by atoms with E-state index in [1.54, 1.807) is 0 Å². The van der Waals surface area contributed by atoms with Gasteiger partial charge in [-0.3, -0.25) is 4.79 Å². The van der Waals surface area contributed by atoms with Crippen LogP contribution in [0.4, 0.5) is 0 Å². The van der Waals surface area contributed by atoms with Crippen molar-refractivity contribution >= 4 is 28.7 Å². The molecule has 0 amide bonds. The molecule has 0 spiro atoms. The van der Waals surface area contributed by atoms with Gasteiger partial charge < -0.3 is 4.74 Å². The van der Waals surface area contributed by atoms with Crippen molar-refractivity contribution in [2.45, 2.75) is 51.6 Å². The molecule has 2 heteroatoms. The van der Waals surface area contributed by atoms with Gasteiger partial charge in [0.05, 0.1) is 6.10 Å². The lowest BCUT2D eigenvalue weighted by Crippen LogP contribution is -2.36. The van der Waals surface area contributed by atoms with E-state index in [1.165, 1.54) is 37.9 Å². The molecule has 31 heavy (non-hydrogen) atoms. The Kier molecular flexibility index (Phi) is 5.46. The van der Waals surface area contributed by atoms with Gasteiger partial charge in [0.25, 0.3) is 0 Å². The summed E-state index contributed by atoms with van der Waals surface area (Å²) < 4.78 is 6.31. The molecule has 0 fully saturated rings. The molecule has 5 rings (SSSR count). The molecule has 0 saturated heterocycles. The van der Waals surface area contributed by atoms with Crippen molar-refractivity contribution in [1.29, 1.82) is 0 Å². The van der Waals surface area contributed by atoms with Crippen LogP contribution in [0.1, 0.15) is 42.9 Å². The SMILES string of the molecule is CC(CCCc1ccccc1)Oc1ccc2c3c(c4c(c2c1)CC=CC=4)=CCC(=O)C3. The Hall–Kier alpha value is -3.13. The van der Waals surface area contributed by atoms with Gasteiger partial charge in [0, 0.05) is 12.8 Å². The van der Waals surface area contributed by atoms with E-state index in [0.717, 1.165) is 31.4 Å². The topological polar surface area (TPSA) is 26.3 Å². The summed E-state index contributed by atoms with van der Waals surface area (Å²) >= 11 is 0. The second kappa shape index (κ2) is 8.55. The molecule has 2 aliphatic carbocycles. The molecule has 0 heterocycles. The summed E-state index contributed by atoms with van der Waals surface area (Å²) in [4.78, 5) is 12.2. The molecule has 156 valence electrons. The molecular weight excluding hydrogens is 380 g/mol. The number of carbonyl (C=O) groups excluding carboxylic acids is 1. The van der Waals surface area contributed by atoms with Gasteiger partial charge >= 0.3 is 0 Å². The number of allylic oxidation sites excluding steroid dienone is 2. The number of fused-ring (bicyclic) bond motifs is 6. The van der Waals surface area contributed by atoms with Gasteiger partial charge in [-0.05, 0) is 82.6 Å². The number of ketones is 1. The maximum absolute atomic E-state index is 12.2. The third-order valence-corrected chi connectivity index (χ3v) is 6.47. The standard InChI is InChI=1S/C29H28O2/c1-20(8-7-11-21-9-3-2-4-10-21)31-23-15-17-27-28-18-22(30)14-16-26(28)24-12-5-6-13-25(24)29(27)19-23/h2-6,9-10,12,15-17,19-20H,7-8,11,13-14,18H2,1H3. The van der Waals surface area contributed by atoms with E-state index in [9.17, 15) is 4.79 Å². The minimum atomic E-state index is 0.163. The van der Waals surface area contributed by atoms with E-state index in [2.05, 4.69) is 79.8 Å². The van der Waals surface area contributed by atoms with E-state index in [1.807, 2.05) is 0 Å². The quantitative estimate of drug-likeness (QED) is 0.585. The van der Waals surface area contributed by atoms with Crippen molar-refractivity contribution in [3.63, 3.8) is 0 Å². The van der Waals surface area contributed by atoms with Gasteiger partial charge in [-0.25, -0.2) is 0 Å². The number of carbonyl (C=O) groups is 1. The Balaban J connectivity index is 1.41. The molecule has 0 aliphatic heterocycles. The minimum absolute atomic E-state index is 0.163. The third-order valence-electron chi connectivity index (χ3n) is 6.47.